The molecule has 2 aromatic rings. The van der Waals surface area contributed by atoms with Crippen LogP contribution < -0.4 is 10.1 Å². The Morgan fingerprint density at radius 2 is 1.75 bits per heavy atom. The van der Waals surface area contributed by atoms with Gasteiger partial charge in [-0.2, -0.15) is 0 Å². The van der Waals surface area contributed by atoms with Crippen molar-refractivity contribution in [2.24, 2.45) is 0 Å². The first-order chi connectivity index (χ1) is 17.4. The SMILES string of the molecule is CCc1cccc(CC)c1C1(C)NC=CC(OC(C)C)=C1CN1CCCC(c2ccc(OC)cc2)C1. The maximum Gasteiger partial charge on any atom is 0.124 e. The smallest absolute Gasteiger partial charge is 0.124 e. The Morgan fingerprint density at radius 1 is 1.06 bits per heavy atom. The van der Waals surface area contributed by atoms with Crippen LogP contribution in [0.1, 0.15) is 75.6 Å². The quantitative estimate of drug-likeness (QED) is 0.425. The zero-order valence-electron chi connectivity index (χ0n) is 23.1. The molecule has 4 heteroatoms. The average Bonchev–Trinajstić information content (AvgIpc) is 2.90. The summed E-state index contributed by atoms with van der Waals surface area (Å²) >= 11 is 0. The molecule has 0 radical (unpaired) electrons. The van der Waals surface area contributed by atoms with Crippen molar-refractivity contribution in [2.75, 3.05) is 26.7 Å². The van der Waals surface area contributed by atoms with Crippen LogP contribution in [0.5, 0.6) is 5.75 Å². The highest BCUT2D eigenvalue weighted by Gasteiger charge is 2.39. The predicted molar refractivity (Wildman–Crippen MR) is 149 cm³/mol. The van der Waals surface area contributed by atoms with Crippen molar-refractivity contribution in [2.45, 2.75) is 77.9 Å². The van der Waals surface area contributed by atoms with E-state index < -0.39 is 0 Å². The Labute approximate surface area is 218 Å². The molecule has 4 nitrogen and oxygen atoms in total. The Hall–Kier alpha value is -2.72. The summed E-state index contributed by atoms with van der Waals surface area (Å²) in [5.41, 5.74) is 6.67. The third kappa shape index (κ3) is 5.49. The topological polar surface area (TPSA) is 33.7 Å². The summed E-state index contributed by atoms with van der Waals surface area (Å²) in [6, 6.07) is 15.4. The molecule has 2 aliphatic rings. The molecule has 2 heterocycles. The summed E-state index contributed by atoms with van der Waals surface area (Å²) in [6.07, 6.45) is 8.80. The summed E-state index contributed by atoms with van der Waals surface area (Å²) < 4.78 is 11.8. The highest BCUT2D eigenvalue weighted by Crippen LogP contribution is 2.40. The Bertz CT molecular complexity index is 1060. The molecule has 0 bridgehead atoms. The maximum absolute atomic E-state index is 6.46. The van der Waals surface area contributed by atoms with E-state index in [2.05, 4.69) is 99.6 Å². The fraction of sp³-hybridized carbons (Fsp3) is 0.500. The van der Waals surface area contributed by atoms with Crippen LogP contribution in [-0.2, 0) is 23.1 Å². The summed E-state index contributed by atoms with van der Waals surface area (Å²) in [6.45, 7) is 14.2. The van der Waals surface area contributed by atoms with Crippen LogP contribution in [0.25, 0.3) is 0 Å². The highest BCUT2D eigenvalue weighted by atomic mass is 16.5. The lowest BCUT2D eigenvalue weighted by molar-refractivity contribution is 0.141. The van der Waals surface area contributed by atoms with Crippen LogP contribution in [0.2, 0.25) is 0 Å². The number of nitrogens with zero attached hydrogens (tertiary/aromatic N) is 1. The molecule has 1 saturated heterocycles. The van der Waals surface area contributed by atoms with Crippen molar-refractivity contribution in [1.29, 1.82) is 0 Å². The van der Waals surface area contributed by atoms with E-state index in [0.29, 0.717) is 5.92 Å². The lowest BCUT2D eigenvalue weighted by atomic mass is 9.76. The Kier molecular flexibility index (Phi) is 8.46. The van der Waals surface area contributed by atoms with Gasteiger partial charge in [0.15, 0.2) is 0 Å². The molecular weight excluding hydrogens is 444 g/mol. The monoisotopic (exact) mass is 488 g/mol. The van der Waals surface area contributed by atoms with Gasteiger partial charge in [-0.1, -0.05) is 44.2 Å². The predicted octanol–water partition coefficient (Wildman–Crippen LogP) is 6.71. The van der Waals surface area contributed by atoms with E-state index in [9.17, 15) is 0 Å². The van der Waals surface area contributed by atoms with E-state index in [1.807, 2.05) is 0 Å². The second-order valence-electron chi connectivity index (χ2n) is 10.6. The molecule has 36 heavy (non-hydrogen) atoms. The fourth-order valence-electron chi connectivity index (χ4n) is 6.00. The van der Waals surface area contributed by atoms with E-state index in [-0.39, 0.29) is 11.6 Å². The van der Waals surface area contributed by atoms with Gasteiger partial charge in [0.25, 0.3) is 0 Å². The highest BCUT2D eigenvalue weighted by molar-refractivity contribution is 5.50. The van der Waals surface area contributed by atoms with Crippen LogP contribution in [0.4, 0.5) is 0 Å². The summed E-state index contributed by atoms with van der Waals surface area (Å²) in [5, 5.41) is 3.80. The number of methoxy groups -OCH3 is 1. The molecule has 0 spiro atoms. The van der Waals surface area contributed by atoms with Gasteiger partial charge in [0.1, 0.15) is 11.5 Å². The fourth-order valence-corrected chi connectivity index (χ4v) is 6.00. The largest absolute Gasteiger partial charge is 0.497 e. The van der Waals surface area contributed by atoms with E-state index in [1.54, 1.807) is 7.11 Å². The molecule has 0 amide bonds. The van der Waals surface area contributed by atoms with Crippen molar-refractivity contribution in [1.82, 2.24) is 10.2 Å². The lowest BCUT2D eigenvalue weighted by Gasteiger charge is -2.43. The second kappa shape index (κ2) is 11.6. The average molecular weight is 489 g/mol. The van der Waals surface area contributed by atoms with Crippen LogP contribution in [0.15, 0.2) is 66.1 Å². The maximum atomic E-state index is 6.46. The number of hydrogen-bond acceptors (Lipinski definition) is 4. The van der Waals surface area contributed by atoms with Gasteiger partial charge in [0.05, 0.1) is 18.8 Å². The second-order valence-corrected chi connectivity index (χ2v) is 10.6. The van der Waals surface area contributed by atoms with Crippen molar-refractivity contribution in [3.63, 3.8) is 0 Å². The molecule has 1 N–H and O–H groups in total. The van der Waals surface area contributed by atoms with Crippen molar-refractivity contribution < 1.29 is 9.47 Å². The summed E-state index contributed by atoms with van der Waals surface area (Å²) in [4.78, 5) is 2.64. The van der Waals surface area contributed by atoms with Crippen molar-refractivity contribution in [3.05, 3.63) is 88.3 Å². The normalized spacial score (nSPS) is 22.6. The van der Waals surface area contributed by atoms with Gasteiger partial charge in [0, 0.05) is 24.9 Å². The minimum Gasteiger partial charge on any atom is -0.497 e. The number of piperidine rings is 1. The number of benzene rings is 2. The molecule has 2 atom stereocenters. The number of nitrogens with one attached hydrogen (secondary N) is 1. The van der Waals surface area contributed by atoms with Crippen LogP contribution >= 0.6 is 0 Å². The van der Waals surface area contributed by atoms with Gasteiger partial charge in [-0.05, 0) is 99.4 Å². The molecule has 2 aromatic carbocycles. The number of likely N-dealkylation sites (tertiary alicyclic amines) is 1. The molecule has 2 unspecified atom stereocenters. The first-order valence-corrected chi connectivity index (χ1v) is 13.7. The van der Waals surface area contributed by atoms with Gasteiger partial charge in [-0.25, -0.2) is 0 Å². The van der Waals surface area contributed by atoms with Gasteiger partial charge in [0.2, 0.25) is 0 Å². The minimum atomic E-state index is -0.315. The molecule has 1 fully saturated rings. The van der Waals surface area contributed by atoms with Gasteiger partial charge in [-0.15, -0.1) is 0 Å². The molecule has 0 aromatic heterocycles. The number of ether oxygens (including phenoxy) is 2. The Balaban J connectivity index is 1.70. The van der Waals surface area contributed by atoms with E-state index in [0.717, 1.165) is 44.0 Å². The number of hydrogen-bond donors (Lipinski definition) is 1. The molecule has 2 aliphatic heterocycles. The van der Waals surface area contributed by atoms with Crippen molar-refractivity contribution in [3.8, 4) is 5.75 Å². The van der Waals surface area contributed by atoms with Crippen molar-refractivity contribution >= 4 is 0 Å². The van der Waals surface area contributed by atoms with Gasteiger partial charge in [-0.3, -0.25) is 4.90 Å². The molecule has 0 aliphatic carbocycles. The third-order valence-electron chi connectivity index (χ3n) is 7.84. The molecule has 194 valence electrons. The number of rotatable bonds is 9. The third-order valence-corrected chi connectivity index (χ3v) is 7.84. The van der Waals surface area contributed by atoms with Gasteiger partial charge < -0.3 is 14.8 Å². The molecule has 0 saturated carbocycles. The van der Waals surface area contributed by atoms with Crippen LogP contribution in [0, 0.1) is 0 Å². The number of dihydropyridines is 1. The summed E-state index contributed by atoms with van der Waals surface area (Å²) in [7, 11) is 1.73. The number of allylic oxidation sites excluding steroid dienone is 1. The first kappa shape index (κ1) is 26.3. The van der Waals surface area contributed by atoms with E-state index >= 15 is 0 Å². The minimum absolute atomic E-state index is 0.127. The Morgan fingerprint density at radius 3 is 2.36 bits per heavy atom. The van der Waals surface area contributed by atoms with Crippen LogP contribution in [0.3, 0.4) is 0 Å². The molecule has 4 rings (SSSR count). The van der Waals surface area contributed by atoms with Crippen LogP contribution in [-0.4, -0.2) is 37.7 Å². The van der Waals surface area contributed by atoms with E-state index in [1.165, 1.54) is 40.7 Å². The molecular formula is C32H44N2O2. The number of aryl methyl sites for hydroxylation is 2. The lowest BCUT2D eigenvalue weighted by Crippen LogP contribution is -2.47. The first-order valence-electron chi connectivity index (χ1n) is 13.7. The van der Waals surface area contributed by atoms with E-state index in [4.69, 9.17) is 9.47 Å². The standard InChI is InChI=1S/C32H44N2O2/c1-7-24-11-9-12-25(8-2)31(24)32(5)29(30(18-19-33-32)36-23(3)4)22-34-20-10-13-27(21-34)26-14-16-28(35-6)17-15-26/h9,11-12,14-19,23,27,33H,7-8,10,13,20-22H2,1-6H3. The zero-order chi connectivity index (χ0) is 25.7. The summed E-state index contributed by atoms with van der Waals surface area (Å²) in [5.74, 6) is 2.47. The zero-order valence-corrected chi connectivity index (χ0v) is 23.1. The van der Waals surface area contributed by atoms with Gasteiger partial charge >= 0.3 is 0 Å².